The molecule has 2 aromatic rings. The van der Waals surface area contributed by atoms with Crippen LogP contribution in [0, 0.1) is 0 Å². The van der Waals surface area contributed by atoms with Crippen molar-refractivity contribution in [3.63, 3.8) is 0 Å². The largest absolute Gasteiger partial charge is 0.497 e. The monoisotopic (exact) mass is 540 g/mol. The Hall–Kier alpha value is -3.60. The van der Waals surface area contributed by atoms with Gasteiger partial charge in [-0.2, -0.15) is 5.10 Å². The van der Waals surface area contributed by atoms with E-state index in [9.17, 15) is 14.7 Å². The van der Waals surface area contributed by atoms with Crippen LogP contribution >= 0.6 is 11.6 Å². The number of anilines is 1. The number of ether oxygens (including phenoxy) is 2. The summed E-state index contributed by atoms with van der Waals surface area (Å²) in [6.07, 6.45) is -1.23. The fourth-order valence-corrected chi connectivity index (χ4v) is 5.24. The second-order valence-electron chi connectivity index (χ2n) is 9.27. The van der Waals surface area contributed by atoms with E-state index in [1.54, 1.807) is 25.3 Å². The van der Waals surface area contributed by atoms with Gasteiger partial charge in [0.1, 0.15) is 5.75 Å². The Labute approximate surface area is 225 Å². The minimum atomic E-state index is -1.08. The highest BCUT2D eigenvalue weighted by atomic mass is 35.5. The number of hydrazone groups is 1. The fraction of sp³-hybridized carbons (Fsp3) is 0.370. The summed E-state index contributed by atoms with van der Waals surface area (Å²) in [6, 6.07) is 12.3. The molecule has 2 aromatic carbocycles. The molecule has 200 valence electrons. The summed E-state index contributed by atoms with van der Waals surface area (Å²) in [6.45, 7) is 2.32. The van der Waals surface area contributed by atoms with Crippen molar-refractivity contribution in [3.8, 4) is 5.75 Å². The maximum absolute atomic E-state index is 13.2. The Morgan fingerprint density at radius 3 is 2.58 bits per heavy atom. The molecule has 1 fully saturated rings. The maximum Gasteiger partial charge on any atom is 0.303 e. The number of aliphatic hydroxyl groups is 1. The van der Waals surface area contributed by atoms with Gasteiger partial charge in [0.25, 0.3) is 0 Å². The third-order valence-corrected chi connectivity index (χ3v) is 7.15. The van der Waals surface area contributed by atoms with Crippen LogP contribution in [0.2, 0.25) is 5.02 Å². The van der Waals surface area contributed by atoms with Crippen LogP contribution in [0.25, 0.3) is 5.70 Å². The van der Waals surface area contributed by atoms with Gasteiger partial charge < -0.3 is 29.9 Å². The van der Waals surface area contributed by atoms with Crippen LogP contribution in [0.3, 0.4) is 0 Å². The molecule has 3 aliphatic heterocycles. The smallest absolute Gasteiger partial charge is 0.303 e. The van der Waals surface area contributed by atoms with E-state index in [1.165, 1.54) is 5.01 Å². The molecule has 0 bridgehead atoms. The first-order valence-corrected chi connectivity index (χ1v) is 12.8. The molecule has 3 N–H and O–H groups in total. The highest BCUT2D eigenvalue weighted by molar-refractivity contribution is 6.31. The lowest BCUT2D eigenvalue weighted by Gasteiger charge is -2.38. The van der Waals surface area contributed by atoms with Crippen molar-refractivity contribution in [2.75, 3.05) is 38.7 Å². The van der Waals surface area contributed by atoms with E-state index >= 15 is 0 Å². The normalized spacial score (nSPS) is 21.1. The zero-order chi connectivity index (χ0) is 26.8. The van der Waals surface area contributed by atoms with E-state index < -0.39 is 24.1 Å². The number of methoxy groups -OCH3 is 1. The summed E-state index contributed by atoms with van der Waals surface area (Å²) in [4.78, 5) is 26.5. The lowest BCUT2D eigenvalue weighted by Crippen LogP contribution is -2.40. The number of carbonyl (C=O) groups excluding carboxylic acids is 1. The van der Waals surface area contributed by atoms with Gasteiger partial charge in [0, 0.05) is 47.8 Å². The number of carboxylic acids is 1. The molecule has 3 aliphatic rings. The number of halogens is 1. The molecule has 3 heterocycles. The topological polar surface area (TPSA) is 124 Å². The zero-order valence-electron chi connectivity index (χ0n) is 20.9. The average Bonchev–Trinajstić information content (AvgIpc) is 3.37. The van der Waals surface area contributed by atoms with Crippen LogP contribution < -0.4 is 10.1 Å². The van der Waals surface area contributed by atoms with Crippen LogP contribution in [-0.4, -0.2) is 77.4 Å². The second-order valence-corrected chi connectivity index (χ2v) is 9.71. The number of morpholine rings is 1. The van der Waals surface area contributed by atoms with Gasteiger partial charge in [0.15, 0.2) is 6.23 Å². The average molecular weight is 541 g/mol. The third-order valence-electron chi connectivity index (χ3n) is 6.91. The SMILES string of the molecule is COc1ccc(C2CC(C3=C(N4CCOCC4)c4cc(Cl)ccc4NC3O)=NN2C(=O)CCC(=O)O)cc1. The molecule has 0 radical (unpaired) electrons. The van der Waals surface area contributed by atoms with Crippen molar-refractivity contribution in [3.05, 3.63) is 64.2 Å². The van der Waals surface area contributed by atoms with Gasteiger partial charge in [-0.3, -0.25) is 9.59 Å². The number of hydrogen-bond acceptors (Lipinski definition) is 8. The van der Waals surface area contributed by atoms with Crippen LogP contribution in [-0.2, 0) is 14.3 Å². The van der Waals surface area contributed by atoms with Gasteiger partial charge in [-0.25, -0.2) is 5.01 Å². The Kier molecular flexibility index (Phi) is 7.55. The van der Waals surface area contributed by atoms with Crippen molar-refractivity contribution in [1.29, 1.82) is 0 Å². The molecule has 11 heteroatoms. The Bertz CT molecular complexity index is 1290. The number of amides is 1. The quantitative estimate of drug-likeness (QED) is 0.488. The van der Waals surface area contributed by atoms with Gasteiger partial charge in [0.2, 0.25) is 5.91 Å². The predicted octanol–water partition coefficient (Wildman–Crippen LogP) is 3.33. The Balaban J connectivity index is 1.60. The summed E-state index contributed by atoms with van der Waals surface area (Å²) >= 11 is 6.38. The highest BCUT2D eigenvalue weighted by Crippen LogP contribution is 2.42. The van der Waals surface area contributed by atoms with Gasteiger partial charge in [-0.05, 0) is 35.9 Å². The van der Waals surface area contributed by atoms with Gasteiger partial charge in [0.05, 0.1) is 44.2 Å². The standard InChI is InChI=1S/C27H29ClN4O6/c1-37-18-5-2-16(3-6-18)22-15-21(30-32(22)23(33)8-9-24(34)35)25-26(31-10-12-38-13-11-31)19-14-17(28)4-7-20(19)29-27(25)36/h2-7,14,22,27,29,36H,8-13,15H2,1H3,(H,34,35). The molecule has 2 atom stereocenters. The Morgan fingerprint density at radius 1 is 1.16 bits per heavy atom. The number of nitrogens with one attached hydrogen (secondary N) is 1. The highest BCUT2D eigenvalue weighted by Gasteiger charge is 2.39. The van der Waals surface area contributed by atoms with Crippen LogP contribution in [0.1, 0.15) is 36.4 Å². The number of hydrogen-bond donors (Lipinski definition) is 3. The lowest BCUT2D eigenvalue weighted by atomic mass is 9.90. The molecule has 0 saturated carbocycles. The number of carboxylic acid groups (broad SMARTS) is 1. The first-order chi connectivity index (χ1) is 18.4. The molecule has 0 aromatic heterocycles. The second kappa shape index (κ2) is 11.0. The van der Waals surface area contributed by atoms with E-state index in [0.717, 1.165) is 22.5 Å². The maximum atomic E-state index is 13.2. The molecule has 38 heavy (non-hydrogen) atoms. The third kappa shape index (κ3) is 5.20. The number of benzene rings is 2. The van der Waals surface area contributed by atoms with Crippen LogP contribution in [0.15, 0.2) is 53.1 Å². The summed E-state index contributed by atoms with van der Waals surface area (Å²) in [7, 11) is 1.58. The molecule has 0 spiro atoms. The fourth-order valence-electron chi connectivity index (χ4n) is 5.07. The zero-order valence-corrected chi connectivity index (χ0v) is 21.6. The van der Waals surface area contributed by atoms with Crippen molar-refractivity contribution in [2.45, 2.75) is 31.5 Å². The molecule has 10 nitrogen and oxygen atoms in total. The van der Waals surface area contributed by atoms with Crippen molar-refractivity contribution >= 4 is 40.6 Å². The predicted molar refractivity (Wildman–Crippen MR) is 142 cm³/mol. The summed E-state index contributed by atoms with van der Waals surface area (Å²) < 4.78 is 10.8. The van der Waals surface area contributed by atoms with Crippen LogP contribution in [0.5, 0.6) is 5.75 Å². The van der Waals surface area contributed by atoms with E-state index in [0.29, 0.717) is 54.8 Å². The Morgan fingerprint density at radius 2 is 1.89 bits per heavy atom. The lowest BCUT2D eigenvalue weighted by molar-refractivity contribution is -0.141. The summed E-state index contributed by atoms with van der Waals surface area (Å²) in [5.74, 6) is -0.784. The first-order valence-electron chi connectivity index (χ1n) is 12.4. The van der Waals surface area contributed by atoms with Crippen molar-refractivity contribution in [2.24, 2.45) is 5.10 Å². The molecule has 1 saturated heterocycles. The van der Waals surface area contributed by atoms with E-state index in [2.05, 4.69) is 10.2 Å². The molecule has 5 rings (SSSR count). The molecule has 1 amide bonds. The van der Waals surface area contributed by atoms with Crippen LogP contribution in [0.4, 0.5) is 5.69 Å². The molecular weight excluding hydrogens is 512 g/mol. The van der Waals surface area contributed by atoms with Crippen molar-refractivity contribution in [1.82, 2.24) is 9.91 Å². The molecule has 0 aliphatic carbocycles. The number of aliphatic hydroxyl groups excluding tert-OH is 1. The minimum absolute atomic E-state index is 0.187. The first kappa shape index (κ1) is 26.0. The van der Waals surface area contributed by atoms with E-state index in [-0.39, 0.29) is 12.8 Å². The summed E-state index contributed by atoms with van der Waals surface area (Å²) in [5, 5.41) is 30.2. The number of carbonyl (C=O) groups is 2. The van der Waals surface area contributed by atoms with Gasteiger partial charge in [-0.1, -0.05) is 23.7 Å². The van der Waals surface area contributed by atoms with Gasteiger partial charge in [-0.15, -0.1) is 0 Å². The minimum Gasteiger partial charge on any atom is -0.497 e. The number of fused-ring (bicyclic) bond motifs is 1. The number of aliphatic carboxylic acids is 1. The van der Waals surface area contributed by atoms with Crippen molar-refractivity contribution < 1.29 is 29.3 Å². The number of nitrogens with zero attached hydrogens (tertiary/aromatic N) is 3. The summed E-state index contributed by atoms with van der Waals surface area (Å²) in [5.41, 5.74) is 4.30. The van der Waals surface area contributed by atoms with E-state index in [4.69, 9.17) is 31.3 Å². The number of rotatable bonds is 7. The van der Waals surface area contributed by atoms with E-state index in [1.807, 2.05) is 24.3 Å². The molecule has 2 unspecified atom stereocenters. The van der Waals surface area contributed by atoms with Gasteiger partial charge >= 0.3 is 5.97 Å². The molecular formula is C27H29ClN4O6.